The van der Waals surface area contributed by atoms with Gasteiger partial charge in [0.1, 0.15) is 0 Å². The second-order valence-corrected chi connectivity index (χ2v) is 11.7. The maximum Gasteiger partial charge on any atom is 0.203 e. The monoisotopic (exact) mass is 466 g/mol. The van der Waals surface area contributed by atoms with E-state index in [-0.39, 0.29) is 11.8 Å². The van der Waals surface area contributed by atoms with Crippen molar-refractivity contribution < 1.29 is 16.8 Å². The fourth-order valence-electron chi connectivity index (χ4n) is 4.59. The van der Waals surface area contributed by atoms with Gasteiger partial charge in [-0.25, -0.2) is 16.8 Å². The van der Waals surface area contributed by atoms with Crippen molar-refractivity contribution in [2.45, 2.75) is 21.6 Å². The van der Waals surface area contributed by atoms with Crippen molar-refractivity contribution in [3.8, 4) is 0 Å². The molecule has 6 rings (SSSR count). The van der Waals surface area contributed by atoms with Gasteiger partial charge in [-0.3, -0.25) is 0 Å². The summed E-state index contributed by atoms with van der Waals surface area (Å²) in [6.07, 6.45) is 10.4. The van der Waals surface area contributed by atoms with Gasteiger partial charge >= 0.3 is 0 Å². The number of nitrogens with one attached hydrogen (secondary N) is 2. The van der Waals surface area contributed by atoms with Crippen LogP contribution in [0.1, 0.15) is 23.0 Å². The minimum Gasteiger partial charge on any atom is -0.390 e. The summed E-state index contributed by atoms with van der Waals surface area (Å²) in [5, 5.41) is 6.20. The summed E-state index contributed by atoms with van der Waals surface area (Å²) in [5.41, 5.74) is 1.81. The molecule has 2 atom stereocenters. The Bertz CT molecular complexity index is 1310. The van der Waals surface area contributed by atoms with Crippen LogP contribution >= 0.6 is 0 Å². The van der Waals surface area contributed by atoms with E-state index in [0.717, 1.165) is 11.1 Å². The fraction of sp³-hybridized carbons (Fsp3) is 0.167. The Morgan fingerprint density at radius 2 is 1.03 bits per heavy atom. The lowest BCUT2D eigenvalue weighted by molar-refractivity contribution is 0.601. The molecule has 2 aromatic rings. The van der Waals surface area contributed by atoms with E-state index in [1.807, 2.05) is 24.3 Å². The summed E-state index contributed by atoms with van der Waals surface area (Å²) in [6.45, 7) is 1.27. The zero-order valence-electron chi connectivity index (χ0n) is 17.1. The molecule has 0 radical (unpaired) electrons. The Labute approximate surface area is 187 Å². The van der Waals surface area contributed by atoms with Crippen LogP contribution in [-0.2, 0) is 19.7 Å². The first-order valence-corrected chi connectivity index (χ1v) is 13.3. The molecule has 0 saturated heterocycles. The molecule has 0 aliphatic carbocycles. The maximum atomic E-state index is 12.2. The van der Waals surface area contributed by atoms with Crippen LogP contribution in [-0.4, -0.2) is 29.9 Å². The van der Waals surface area contributed by atoms with E-state index in [2.05, 4.69) is 10.6 Å². The molecule has 0 unspecified atom stereocenters. The van der Waals surface area contributed by atoms with Gasteiger partial charge in [0.25, 0.3) is 0 Å². The molecule has 0 spiro atoms. The van der Waals surface area contributed by atoms with Crippen molar-refractivity contribution in [3.05, 3.63) is 106 Å². The van der Waals surface area contributed by atoms with E-state index < -0.39 is 19.7 Å². The van der Waals surface area contributed by atoms with E-state index in [4.69, 9.17) is 0 Å². The molecule has 32 heavy (non-hydrogen) atoms. The van der Waals surface area contributed by atoms with Crippen LogP contribution in [0.3, 0.4) is 0 Å². The number of sulfone groups is 2. The number of allylic oxidation sites excluding steroid dienone is 4. The number of hydrogen-bond donors (Lipinski definition) is 2. The van der Waals surface area contributed by atoms with Gasteiger partial charge in [0, 0.05) is 24.9 Å². The zero-order valence-corrected chi connectivity index (χ0v) is 18.7. The van der Waals surface area contributed by atoms with Crippen molar-refractivity contribution in [2.24, 2.45) is 0 Å². The quantitative estimate of drug-likeness (QED) is 0.620. The van der Waals surface area contributed by atoms with Crippen molar-refractivity contribution in [2.75, 3.05) is 13.1 Å². The molecular formula is C24H22N2O4S2. The molecule has 0 amide bonds. The van der Waals surface area contributed by atoms with E-state index in [0.29, 0.717) is 32.7 Å². The van der Waals surface area contributed by atoms with Crippen LogP contribution < -0.4 is 10.6 Å². The molecule has 6 nitrogen and oxygen atoms in total. The average molecular weight is 467 g/mol. The Hall–Kier alpha value is -3.10. The minimum atomic E-state index is -3.26. The van der Waals surface area contributed by atoms with Crippen LogP contribution in [0.15, 0.2) is 105 Å². The highest BCUT2D eigenvalue weighted by molar-refractivity contribution is 7.96. The summed E-state index contributed by atoms with van der Waals surface area (Å²) in [4.78, 5) is 1.94. The molecule has 4 aliphatic rings. The second-order valence-electron chi connectivity index (χ2n) is 7.86. The Morgan fingerprint density at radius 1 is 0.625 bits per heavy atom. The summed E-state index contributed by atoms with van der Waals surface area (Å²) >= 11 is 0. The fourth-order valence-corrected chi connectivity index (χ4v) is 8.34. The van der Waals surface area contributed by atoms with E-state index in [1.54, 1.807) is 61.0 Å². The van der Waals surface area contributed by atoms with Crippen molar-refractivity contribution >= 4 is 19.7 Å². The van der Waals surface area contributed by atoms with Crippen LogP contribution in [0, 0.1) is 0 Å². The number of benzene rings is 2. The van der Waals surface area contributed by atoms with Crippen LogP contribution in [0.2, 0.25) is 0 Å². The first kappa shape index (κ1) is 20.8. The Kier molecular flexibility index (Phi) is 5.06. The summed E-state index contributed by atoms with van der Waals surface area (Å²) in [5.74, 6) is -0.0904. The van der Waals surface area contributed by atoms with E-state index >= 15 is 0 Å². The number of rotatable bonds is 0. The molecule has 0 fully saturated rings. The maximum absolute atomic E-state index is 12.2. The average Bonchev–Trinajstić information content (AvgIpc) is 3.06. The lowest BCUT2D eigenvalue weighted by Gasteiger charge is -2.09. The molecule has 4 aliphatic heterocycles. The summed E-state index contributed by atoms with van der Waals surface area (Å²) < 4.78 is 49.0. The predicted octanol–water partition coefficient (Wildman–Crippen LogP) is 3.12. The molecule has 8 heteroatoms. The lowest BCUT2D eigenvalue weighted by atomic mass is 9.99. The molecule has 4 heterocycles. The standard InChI is InChI=1S/2C12H11NO2S/c2*14-16(15)11-5-2-1-4-9(11)10-8-13-7-3-6-12(10)16/h2*1-7,10,13H,8H2/t2*10-/m10/s1. The molecule has 2 aromatic carbocycles. The summed E-state index contributed by atoms with van der Waals surface area (Å²) in [7, 11) is -6.52. The third kappa shape index (κ3) is 3.22. The molecule has 2 N–H and O–H groups in total. The molecular weight excluding hydrogens is 444 g/mol. The third-order valence-electron chi connectivity index (χ3n) is 6.07. The highest BCUT2D eigenvalue weighted by atomic mass is 32.2. The van der Waals surface area contributed by atoms with Gasteiger partial charge < -0.3 is 10.6 Å². The highest BCUT2D eigenvalue weighted by Crippen LogP contribution is 2.44. The van der Waals surface area contributed by atoms with Gasteiger partial charge in [-0.15, -0.1) is 0 Å². The SMILES string of the molecule is O=S1(=O)C2=CC=CNC[C@@H]2c2ccccc21.O=S1(=O)C2=CC=CNC[C@H]2c2ccccc21. The largest absolute Gasteiger partial charge is 0.390 e. The van der Waals surface area contributed by atoms with Crippen molar-refractivity contribution in [1.29, 1.82) is 0 Å². The van der Waals surface area contributed by atoms with Gasteiger partial charge in [0.15, 0.2) is 0 Å². The zero-order chi connectivity index (χ0) is 22.3. The predicted molar refractivity (Wildman–Crippen MR) is 123 cm³/mol. The first-order chi connectivity index (χ1) is 15.4. The molecule has 164 valence electrons. The van der Waals surface area contributed by atoms with Gasteiger partial charge in [0.2, 0.25) is 19.7 Å². The first-order valence-electron chi connectivity index (χ1n) is 10.3. The number of hydrogen-bond acceptors (Lipinski definition) is 6. The lowest BCUT2D eigenvalue weighted by Crippen LogP contribution is -2.15. The highest BCUT2D eigenvalue weighted by Gasteiger charge is 2.40. The van der Waals surface area contributed by atoms with Gasteiger partial charge in [0.05, 0.1) is 19.6 Å². The molecule has 0 bridgehead atoms. The van der Waals surface area contributed by atoms with E-state index in [9.17, 15) is 16.8 Å². The smallest absolute Gasteiger partial charge is 0.203 e. The minimum absolute atomic E-state index is 0.0452. The normalized spacial score (nSPS) is 25.0. The van der Waals surface area contributed by atoms with Crippen LogP contribution in [0.25, 0.3) is 0 Å². The Balaban J connectivity index is 0.000000135. The Morgan fingerprint density at radius 3 is 1.47 bits per heavy atom. The molecule has 0 aromatic heterocycles. The third-order valence-corrected chi connectivity index (χ3v) is 10.1. The van der Waals surface area contributed by atoms with Gasteiger partial charge in [-0.1, -0.05) is 36.4 Å². The van der Waals surface area contributed by atoms with Crippen molar-refractivity contribution in [3.63, 3.8) is 0 Å². The van der Waals surface area contributed by atoms with Crippen molar-refractivity contribution in [1.82, 2.24) is 10.6 Å². The van der Waals surface area contributed by atoms with Crippen LogP contribution in [0.5, 0.6) is 0 Å². The van der Waals surface area contributed by atoms with Crippen LogP contribution in [0.4, 0.5) is 0 Å². The van der Waals surface area contributed by atoms with Gasteiger partial charge in [-0.05, 0) is 60.0 Å². The second kappa shape index (κ2) is 7.79. The molecule has 0 saturated carbocycles. The topological polar surface area (TPSA) is 92.3 Å². The number of fused-ring (bicyclic) bond motifs is 6. The van der Waals surface area contributed by atoms with Gasteiger partial charge in [-0.2, -0.15) is 0 Å². The summed E-state index contributed by atoms with van der Waals surface area (Å²) in [6, 6.07) is 14.5. The van der Waals surface area contributed by atoms with E-state index in [1.165, 1.54) is 0 Å².